The van der Waals surface area contributed by atoms with Crippen molar-refractivity contribution in [3.8, 4) is 0 Å². The smallest absolute Gasteiger partial charge is 0.475 e. The highest BCUT2D eigenvalue weighted by Crippen LogP contribution is 2.42. The molecule has 8 nitrogen and oxygen atoms in total. The van der Waals surface area contributed by atoms with Crippen LogP contribution in [0, 0.1) is 5.92 Å². The summed E-state index contributed by atoms with van der Waals surface area (Å²) in [6, 6.07) is 4.06. The van der Waals surface area contributed by atoms with Crippen molar-refractivity contribution in [2.45, 2.75) is 44.0 Å². The lowest BCUT2D eigenvalue weighted by Crippen LogP contribution is -2.64. The quantitative estimate of drug-likeness (QED) is 0.721. The fraction of sp³-hybridized carbons (Fsp3) is 0.700. The van der Waals surface area contributed by atoms with Crippen LogP contribution in [-0.4, -0.2) is 78.0 Å². The molecule has 2 N–H and O–H groups in total. The monoisotopic (exact) mass is 447 g/mol. The highest BCUT2D eigenvalue weighted by Gasteiger charge is 2.52. The SMILES string of the molecule is O=C(NCCC1CCOC12CN(Cc1ccco1)C2)N1CCCC1.O=C(O)C(F)(F)F. The number of nitrogens with zero attached hydrogens (tertiary/aromatic N) is 2. The van der Waals surface area contributed by atoms with E-state index < -0.39 is 12.1 Å². The molecule has 11 heteroatoms. The van der Waals surface area contributed by atoms with E-state index in [1.807, 2.05) is 17.0 Å². The van der Waals surface area contributed by atoms with E-state index in [-0.39, 0.29) is 11.6 Å². The number of rotatable bonds is 5. The number of carboxylic acids is 1. The van der Waals surface area contributed by atoms with E-state index >= 15 is 0 Å². The average Bonchev–Trinajstić information content (AvgIpc) is 3.43. The Morgan fingerprint density at radius 1 is 1.26 bits per heavy atom. The minimum atomic E-state index is -5.08. The van der Waals surface area contributed by atoms with E-state index in [2.05, 4.69) is 10.2 Å². The van der Waals surface area contributed by atoms with Gasteiger partial charge in [-0.25, -0.2) is 9.59 Å². The summed E-state index contributed by atoms with van der Waals surface area (Å²) < 4.78 is 43.3. The molecule has 0 aromatic carbocycles. The predicted molar refractivity (Wildman–Crippen MR) is 103 cm³/mol. The first-order valence-electron chi connectivity index (χ1n) is 10.4. The molecule has 0 radical (unpaired) electrons. The second kappa shape index (κ2) is 9.90. The summed E-state index contributed by atoms with van der Waals surface area (Å²) in [6.07, 6.45) is 1.03. The van der Waals surface area contributed by atoms with Crippen LogP contribution in [0.1, 0.15) is 31.4 Å². The fourth-order valence-electron chi connectivity index (χ4n) is 4.37. The molecule has 1 unspecified atom stereocenters. The van der Waals surface area contributed by atoms with Crippen LogP contribution in [0.2, 0.25) is 0 Å². The van der Waals surface area contributed by atoms with Crippen LogP contribution in [-0.2, 0) is 16.1 Å². The Kier molecular flexibility index (Phi) is 7.47. The minimum Gasteiger partial charge on any atom is -0.475 e. The Morgan fingerprint density at radius 3 is 2.52 bits per heavy atom. The van der Waals surface area contributed by atoms with E-state index in [1.54, 1.807) is 6.26 Å². The summed E-state index contributed by atoms with van der Waals surface area (Å²) in [5, 5.41) is 10.2. The molecule has 0 aliphatic carbocycles. The van der Waals surface area contributed by atoms with E-state index in [0.717, 1.165) is 77.3 Å². The van der Waals surface area contributed by atoms with Crippen molar-refractivity contribution in [1.29, 1.82) is 0 Å². The second-order valence-electron chi connectivity index (χ2n) is 8.14. The van der Waals surface area contributed by atoms with Crippen molar-refractivity contribution in [1.82, 2.24) is 15.1 Å². The Labute approximate surface area is 178 Å². The molecule has 31 heavy (non-hydrogen) atoms. The number of halogens is 3. The van der Waals surface area contributed by atoms with Crippen LogP contribution in [0.5, 0.6) is 0 Å². The number of furan rings is 1. The maximum absolute atomic E-state index is 12.1. The highest BCUT2D eigenvalue weighted by atomic mass is 19.4. The maximum Gasteiger partial charge on any atom is 0.490 e. The van der Waals surface area contributed by atoms with Gasteiger partial charge in [0.2, 0.25) is 0 Å². The lowest BCUT2D eigenvalue weighted by molar-refractivity contribution is -0.192. The van der Waals surface area contributed by atoms with Crippen LogP contribution < -0.4 is 5.32 Å². The van der Waals surface area contributed by atoms with Crippen molar-refractivity contribution in [2.24, 2.45) is 5.92 Å². The molecule has 1 aromatic rings. The molecule has 4 heterocycles. The largest absolute Gasteiger partial charge is 0.490 e. The van der Waals surface area contributed by atoms with Crippen LogP contribution in [0.25, 0.3) is 0 Å². The lowest BCUT2D eigenvalue weighted by atomic mass is 9.79. The van der Waals surface area contributed by atoms with Gasteiger partial charge >= 0.3 is 18.2 Å². The van der Waals surface area contributed by atoms with Gasteiger partial charge in [0, 0.05) is 39.3 Å². The first-order chi connectivity index (χ1) is 14.7. The van der Waals surface area contributed by atoms with Crippen molar-refractivity contribution >= 4 is 12.0 Å². The molecule has 0 saturated carbocycles. The number of urea groups is 1. The first-order valence-corrected chi connectivity index (χ1v) is 10.4. The molecular formula is C20H28F3N3O5. The number of carbonyl (C=O) groups is 2. The Morgan fingerprint density at radius 2 is 1.94 bits per heavy atom. The lowest BCUT2D eigenvalue weighted by Gasteiger charge is -2.50. The number of alkyl halides is 3. The van der Waals surface area contributed by atoms with Crippen molar-refractivity contribution in [2.75, 3.05) is 39.3 Å². The fourth-order valence-corrected chi connectivity index (χ4v) is 4.37. The van der Waals surface area contributed by atoms with E-state index in [9.17, 15) is 18.0 Å². The number of hydrogen-bond donors (Lipinski definition) is 2. The summed E-state index contributed by atoms with van der Waals surface area (Å²) in [6.45, 7) is 6.21. The third-order valence-electron chi connectivity index (χ3n) is 5.95. The zero-order chi connectivity index (χ0) is 22.5. The topological polar surface area (TPSA) is 95.3 Å². The van der Waals surface area contributed by atoms with Gasteiger partial charge < -0.3 is 24.5 Å². The molecular weight excluding hydrogens is 419 g/mol. The van der Waals surface area contributed by atoms with Gasteiger partial charge in [0.05, 0.1) is 18.4 Å². The molecule has 1 spiro atoms. The number of hydrogen-bond acceptors (Lipinski definition) is 5. The van der Waals surface area contributed by atoms with Crippen LogP contribution >= 0.6 is 0 Å². The molecule has 1 atom stereocenters. The molecule has 3 aliphatic heterocycles. The zero-order valence-electron chi connectivity index (χ0n) is 17.2. The molecule has 4 rings (SSSR count). The number of ether oxygens (including phenoxy) is 1. The van der Waals surface area contributed by atoms with Gasteiger partial charge in [-0.1, -0.05) is 0 Å². The van der Waals surface area contributed by atoms with Gasteiger partial charge in [-0.2, -0.15) is 13.2 Å². The molecule has 174 valence electrons. The number of likely N-dealkylation sites (tertiary alicyclic amines) is 2. The van der Waals surface area contributed by atoms with Crippen molar-refractivity contribution in [3.63, 3.8) is 0 Å². The second-order valence-corrected chi connectivity index (χ2v) is 8.14. The van der Waals surface area contributed by atoms with Crippen LogP contribution in [0.4, 0.5) is 18.0 Å². The van der Waals surface area contributed by atoms with Crippen molar-refractivity contribution < 1.29 is 37.0 Å². The molecule has 3 fully saturated rings. The third kappa shape index (κ3) is 6.13. The highest BCUT2D eigenvalue weighted by molar-refractivity contribution is 5.74. The number of carbonyl (C=O) groups excluding carboxylic acids is 1. The van der Waals surface area contributed by atoms with Crippen LogP contribution in [0.3, 0.4) is 0 Å². The van der Waals surface area contributed by atoms with Gasteiger partial charge in [-0.05, 0) is 43.7 Å². The molecule has 3 saturated heterocycles. The standard InChI is InChI=1S/C18H27N3O3.C2HF3O2/c22-17(21-8-1-2-9-21)19-7-5-15-6-11-24-18(15)13-20(14-18)12-16-4-3-10-23-16;3-2(4,5)1(6)7/h3-4,10,15H,1-2,5-9,11-14H2,(H,19,22);(H,6,7). The summed E-state index contributed by atoms with van der Waals surface area (Å²) in [5.74, 6) is -1.20. The van der Waals surface area contributed by atoms with E-state index in [1.165, 1.54) is 0 Å². The minimum absolute atomic E-state index is 0.00493. The van der Waals surface area contributed by atoms with Gasteiger partial charge in [-0.3, -0.25) is 4.90 Å². The van der Waals surface area contributed by atoms with Gasteiger partial charge in [0.1, 0.15) is 5.76 Å². The molecule has 0 bridgehead atoms. The number of amides is 2. The Balaban J connectivity index is 0.000000339. The number of aliphatic carboxylic acids is 1. The van der Waals surface area contributed by atoms with E-state index in [0.29, 0.717) is 5.92 Å². The van der Waals surface area contributed by atoms with Crippen molar-refractivity contribution in [3.05, 3.63) is 24.2 Å². The summed E-state index contributed by atoms with van der Waals surface area (Å²) in [7, 11) is 0. The molecule has 3 aliphatic rings. The van der Waals surface area contributed by atoms with Gasteiger partial charge in [0.15, 0.2) is 0 Å². The number of nitrogens with one attached hydrogen (secondary N) is 1. The number of carboxylic acid groups (broad SMARTS) is 1. The third-order valence-corrected chi connectivity index (χ3v) is 5.95. The molecule has 1 aromatic heterocycles. The predicted octanol–water partition coefficient (Wildman–Crippen LogP) is 2.70. The van der Waals surface area contributed by atoms with Gasteiger partial charge in [-0.15, -0.1) is 0 Å². The van der Waals surface area contributed by atoms with Crippen LogP contribution in [0.15, 0.2) is 22.8 Å². The maximum atomic E-state index is 12.1. The Bertz CT molecular complexity index is 729. The normalized spacial score (nSPS) is 22.7. The summed E-state index contributed by atoms with van der Waals surface area (Å²) >= 11 is 0. The average molecular weight is 447 g/mol. The summed E-state index contributed by atoms with van der Waals surface area (Å²) in [4.78, 5) is 25.3. The summed E-state index contributed by atoms with van der Waals surface area (Å²) in [5.41, 5.74) is 0.00493. The molecule has 2 amide bonds. The first kappa shape index (κ1) is 23.4. The Hall–Kier alpha value is -2.27. The zero-order valence-corrected chi connectivity index (χ0v) is 17.2. The van der Waals surface area contributed by atoms with E-state index in [4.69, 9.17) is 19.1 Å². The van der Waals surface area contributed by atoms with Gasteiger partial charge in [0.25, 0.3) is 0 Å².